The van der Waals surface area contributed by atoms with Gasteiger partial charge in [0, 0.05) is 43.1 Å². The molecule has 0 bridgehead atoms. The second-order valence-electron chi connectivity index (χ2n) is 5.83. The van der Waals surface area contributed by atoms with Crippen molar-refractivity contribution in [3.8, 4) is 0 Å². The Balaban J connectivity index is 1.69. The van der Waals surface area contributed by atoms with Crippen LogP contribution < -0.4 is 10.2 Å². The van der Waals surface area contributed by atoms with Gasteiger partial charge in [0.2, 0.25) is 0 Å². The SMILES string of the molecule is O=[N+]([O-])c1ccc(NCc2ccccc2N2CCCCC2)cc1. The number of hydrogen-bond donors (Lipinski definition) is 1. The van der Waals surface area contributed by atoms with Crippen LogP contribution in [0.3, 0.4) is 0 Å². The molecule has 5 heteroatoms. The third-order valence-corrected chi connectivity index (χ3v) is 4.25. The zero-order chi connectivity index (χ0) is 16.1. The lowest BCUT2D eigenvalue weighted by Crippen LogP contribution is -2.30. The second-order valence-corrected chi connectivity index (χ2v) is 5.83. The number of nitro groups is 1. The lowest BCUT2D eigenvalue weighted by Gasteiger charge is -2.30. The van der Waals surface area contributed by atoms with Crippen LogP contribution in [0.5, 0.6) is 0 Å². The summed E-state index contributed by atoms with van der Waals surface area (Å²) in [7, 11) is 0. The van der Waals surface area contributed by atoms with Crippen molar-refractivity contribution in [2.24, 2.45) is 0 Å². The van der Waals surface area contributed by atoms with E-state index in [0.717, 1.165) is 18.8 Å². The largest absolute Gasteiger partial charge is 0.381 e. The van der Waals surface area contributed by atoms with Gasteiger partial charge >= 0.3 is 0 Å². The Morgan fingerprint density at radius 3 is 2.39 bits per heavy atom. The number of para-hydroxylation sites is 1. The molecule has 0 atom stereocenters. The van der Waals surface area contributed by atoms with Crippen LogP contribution in [0, 0.1) is 10.1 Å². The molecular weight excluding hydrogens is 290 g/mol. The summed E-state index contributed by atoms with van der Waals surface area (Å²) in [6, 6.07) is 15.0. The van der Waals surface area contributed by atoms with Crippen molar-refractivity contribution in [3.63, 3.8) is 0 Å². The van der Waals surface area contributed by atoms with E-state index in [1.165, 1.54) is 42.6 Å². The molecule has 0 radical (unpaired) electrons. The van der Waals surface area contributed by atoms with Gasteiger partial charge in [0.05, 0.1) is 4.92 Å². The van der Waals surface area contributed by atoms with Crippen LogP contribution in [-0.2, 0) is 6.54 Å². The fraction of sp³-hybridized carbons (Fsp3) is 0.333. The summed E-state index contributed by atoms with van der Waals surface area (Å²) in [5.41, 5.74) is 3.56. The number of hydrogen-bond acceptors (Lipinski definition) is 4. The number of benzene rings is 2. The van der Waals surface area contributed by atoms with Crippen LogP contribution in [-0.4, -0.2) is 18.0 Å². The number of nitrogens with zero attached hydrogens (tertiary/aromatic N) is 2. The third kappa shape index (κ3) is 3.80. The molecule has 0 unspecified atom stereocenters. The highest BCUT2D eigenvalue weighted by Crippen LogP contribution is 2.25. The highest BCUT2D eigenvalue weighted by molar-refractivity contribution is 5.56. The predicted octanol–water partition coefficient (Wildman–Crippen LogP) is 4.20. The van der Waals surface area contributed by atoms with Gasteiger partial charge in [-0.3, -0.25) is 10.1 Å². The van der Waals surface area contributed by atoms with Crippen molar-refractivity contribution in [1.29, 1.82) is 0 Å². The fourth-order valence-corrected chi connectivity index (χ4v) is 3.00. The smallest absolute Gasteiger partial charge is 0.269 e. The highest BCUT2D eigenvalue weighted by Gasteiger charge is 2.14. The Morgan fingerprint density at radius 1 is 1.00 bits per heavy atom. The molecule has 1 aliphatic rings. The van der Waals surface area contributed by atoms with Gasteiger partial charge in [-0.05, 0) is 43.0 Å². The van der Waals surface area contributed by atoms with Crippen LogP contribution in [0.15, 0.2) is 48.5 Å². The first-order valence-corrected chi connectivity index (χ1v) is 8.05. The lowest BCUT2D eigenvalue weighted by molar-refractivity contribution is -0.384. The minimum absolute atomic E-state index is 0.115. The molecule has 0 aliphatic carbocycles. The van der Waals surface area contributed by atoms with Crippen molar-refractivity contribution >= 4 is 17.1 Å². The first-order valence-electron chi connectivity index (χ1n) is 8.05. The van der Waals surface area contributed by atoms with Crippen molar-refractivity contribution < 1.29 is 4.92 Å². The monoisotopic (exact) mass is 311 g/mol. The molecule has 2 aromatic rings. The molecule has 1 aliphatic heterocycles. The minimum atomic E-state index is -0.380. The van der Waals surface area contributed by atoms with E-state index in [2.05, 4.69) is 34.5 Å². The molecule has 1 heterocycles. The average molecular weight is 311 g/mol. The molecule has 1 N–H and O–H groups in total. The number of piperidine rings is 1. The van der Waals surface area contributed by atoms with Crippen molar-refractivity contribution in [2.45, 2.75) is 25.8 Å². The second kappa shape index (κ2) is 7.13. The standard InChI is InChI=1S/C18H21N3O2/c22-21(23)17-10-8-16(9-11-17)19-14-15-6-2-3-7-18(15)20-12-4-1-5-13-20/h2-3,6-11,19H,1,4-5,12-14H2. The van der Waals surface area contributed by atoms with Crippen molar-refractivity contribution in [3.05, 3.63) is 64.2 Å². The van der Waals surface area contributed by atoms with Crippen molar-refractivity contribution in [2.75, 3.05) is 23.3 Å². The summed E-state index contributed by atoms with van der Waals surface area (Å²) in [5, 5.41) is 14.0. The molecule has 0 amide bonds. The molecule has 0 aromatic heterocycles. The maximum atomic E-state index is 10.7. The van der Waals surface area contributed by atoms with Gasteiger partial charge in [-0.25, -0.2) is 0 Å². The van der Waals surface area contributed by atoms with E-state index in [-0.39, 0.29) is 10.6 Å². The topological polar surface area (TPSA) is 58.4 Å². The Morgan fingerprint density at radius 2 is 1.70 bits per heavy atom. The molecule has 0 saturated carbocycles. The molecule has 1 fully saturated rings. The van der Waals surface area contributed by atoms with Gasteiger partial charge in [-0.2, -0.15) is 0 Å². The Kier molecular flexibility index (Phi) is 4.76. The lowest BCUT2D eigenvalue weighted by atomic mass is 10.1. The normalized spacial score (nSPS) is 14.5. The van der Waals surface area contributed by atoms with Crippen molar-refractivity contribution in [1.82, 2.24) is 0 Å². The van der Waals surface area contributed by atoms with Gasteiger partial charge in [0.15, 0.2) is 0 Å². The first-order chi connectivity index (χ1) is 11.2. The quantitative estimate of drug-likeness (QED) is 0.664. The molecular formula is C18H21N3O2. The summed E-state index contributed by atoms with van der Waals surface area (Å²) >= 11 is 0. The summed E-state index contributed by atoms with van der Waals surface area (Å²) in [6.07, 6.45) is 3.83. The van der Waals surface area contributed by atoms with E-state index < -0.39 is 0 Å². The zero-order valence-corrected chi connectivity index (χ0v) is 13.1. The first kappa shape index (κ1) is 15.3. The zero-order valence-electron chi connectivity index (χ0n) is 13.1. The van der Waals surface area contributed by atoms with Gasteiger partial charge in [-0.15, -0.1) is 0 Å². The molecule has 5 nitrogen and oxygen atoms in total. The van der Waals surface area contributed by atoms with E-state index in [9.17, 15) is 10.1 Å². The summed E-state index contributed by atoms with van der Waals surface area (Å²) in [4.78, 5) is 12.8. The van der Waals surface area contributed by atoms with E-state index in [1.807, 2.05) is 0 Å². The Labute approximate surface area is 136 Å². The summed E-state index contributed by atoms with van der Waals surface area (Å²) in [5.74, 6) is 0. The minimum Gasteiger partial charge on any atom is -0.381 e. The van der Waals surface area contributed by atoms with E-state index >= 15 is 0 Å². The number of nitro benzene ring substituents is 1. The molecule has 2 aromatic carbocycles. The van der Waals surface area contributed by atoms with E-state index in [0.29, 0.717) is 6.54 Å². The van der Waals surface area contributed by atoms with Crippen LogP contribution in [0.25, 0.3) is 0 Å². The highest BCUT2D eigenvalue weighted by atomic mass is 16.6. The third-order valence-electron chi connectivity index (χ3n) is 4.25. The maximum Gasteiger partial charge on any atom is 0.269 e. The van der Waals surface area contributed by atoms with Crippen LogP contribution in [0.4, 0.5) is 17.1 Å². The summed E-state index contributed by atoms with van der Waals surface area (Å²) in [6.45, 7) is 2.95. The molecule has 23 heavy (non-hydrogen) atoms. The molecule has 3 rings (SSSR count). The number of anilines is 2. The number of non-ortho nitro benzene ring substituents is 1. The van der Waals surface area contributed by atoms with Crippen LogP contribution in [0.2, 0.25) is 0 Å². The van der Waals surface area contributed by atoms with Crippen LogP contribution >= 0.6 is 0 Å². The van der Waals surface area contributed by atoms with Gasteiger partial charge in [0.1, 0.15) is 0 Å². The summed E-state index contributed by atoms with van der Waals surface area (Å²) < 4.78 is 0. The molecule has 1 saturated heterocycles. The molecule has 120 valence electrons. The average Bonchev–Trinajstić information content (AvgIpc) is 2.61. The fourth-order valence-electron chi connectivity index (χ4n) is 3.00. The molecule has 0 spiro atoms. The predicted molar refractivity (Wildman–Crippen MR) is 92.9 cm³/mol. The van der Waals surface area contributed by atoms with Gasteiger partial charge in [0.25, 0.3) is 5.69 Å². The number of rotatable bonds is 5. The van der Waals surface area contributed by atoms with Crippen LogP contribution in [0.1, 0.15) is 24.8 Å². The Bertz CT molecular complexity index is 664. The van der Waals surface area contributed by atoms with E-state index in [1.54, 1.807) is 12.1 Å². The Hall–Kier alpha value is -2.56. The number of nitrogens with one attached hydrogen (secondary N) is 1. The van der Waals surface area contributed by atoms with Gasteiger partial charge < -0.3 is 10.2 Å². The maximum absolute atomic E-state index is 10.7. The van der Waals surface area contributed by atoms with Gasteiger partial charge in [-0.1, -0.05) is 18.2 Å². The van der Waals surface area contributed by atoms with E-state index in [4.69, 9.17) is 0 Å².